The Morgan fingerprint density at radius 1 is 0.933 bits per heavy atom. The Bertz CT molecular complexity index is 1590. The van der Waals surface area contributed by atoms with Crippen LogP contribution in [0.2, 0.25) is 0 Å². The number of anilines is 1. The Labute approximate surface area is 264 Å². The summed E-state index contributed by atoms with van der Waals surface area (Å²) in [6.07, 6.45) is -0.644. The number of fused-ring (bicyclic) bond motifs is 1. The second-order valence-electron chi connectivity index (χ2n) is 12.2. The lowest BCUT2D eigenvalue weighted by Crippen LogP contribution is -2.47. The van der Waals surface area contributed by atoms with Crippen LogP contribution in [0, 0.1) is 20.8 Å². The van der Waals surface area contributed by atoms with Crippen LogP contribution < -0.4 is 15.4 Å². The number of ether oxygens (including phenoxy) is 3. The molecule has 2 N–H and O–H groups in total. The molecule has 3 amide bonds. The molecule has 1 aliphatic rings. The van der Waals surface area contributed by atoms with E-state index in [1.54, 1.807) is 33.8 Å². The predicted octanol–water partition coefficient (Wildman–Crippen LogP) is 6.44. The maximum atomic E-state index is 14.1. The highest BCUT2D eigenvalue weighted by atomic mass is 16.6. The molecule has 0 aliphatic carbocycles. The van der Waals surface area contributed by atoms with Crippen LogP contribution in [0.4, 0.5) is 15.3 Å². The number of aryl methyl sites for hydroxylation is 1. The van der Waals surface area contributed by atoms with Crippen LogP contribution >= 0.6 is 0 Å². The smallest absolute Gasteiger partial charge is 0.411 e. The van der Waals surface area contributed by atoms with Crippen molar-refractivity contribution in [2.24, 2.45) is 0 Å². The standard InChI is InChI=1S/C35H41N3O7/c1-21-17-29(22(2)23(3)31(21)44-24(4)39)37-32(40)30-28-18-26(19-36-33(41)43-20-25-11-9-8-10-12-25)13-14-27(28)15-16-38(30)34(42)45-35(5,6)7/h8-14,17-18,30H,15-16,19-20H2,1-7H3,(H,36,41)(H,37,40). The van der Waals surface area contributed by atoms with Crippen LogP contribution in [0.5, 0.6) is 5.75 Å². The number of benzene rings is 3. The first-order chi connectivity index (χ1) is 21.2. The van der Waals surface area contributed by atoms with Gasteiger partial charge in [-0.25, -0.2) is 9.59 Å². The summed E-state index contributed by atoms with van der Waals surface area (Å²) in [5, 5.41) is 5.77. The van der Waals surface area contributed by atoms with Gasteiger partial charge in [0.15, 0.2) is 0 Å². The zero-order valence-electron chi connectivity index (χ0n) is 26.9. The molecule has 0 bridgehead atoms. The highest BCUT2D eigenvalue weighted by Gasteiger charge is 2.38. The van der Waals surface area contributed by atoms with E-state index in [-0.39, 0.29) is 19.7 Å². The van der Waals surface area contributed by atoms with E-state index in [1.807, 2.05) is 62.4 Å². The van der Waals surface area contributed by atoms with E-state index >= 15 is 0 Å². The zero-order chi connectivity index (χ0) is 32.9. The van der Waals surface area contributed by atoms with E-state index in [4.69, 9.17) is 14.2 Å². The van der Waals surface area contributed by atoms with Gasteiger partial charge in [0.05, 0.1) is 0 Å². The Morgan fingerprint density at radius 2 is 1.64 bits per heavy atom. The normalized spacial score (nSPS) is 14.2. The molecule has 1 heterocycles. The number of nitrogens with one attached hydrogen (secondary N) is 2. The molecule has 10 heteroatoms. The van der Waals surface area contributed by atoms with Gasteiger partial charge in [-0.3, -0.25) is 14.5 Å². The average molecular weight is 616 g/mol. The number of esters is 1. The van der Waals surface area contributed by atoms with Gasteiger partial charge < -0.3 is 24.8 Å². The minimum atomic E-state index is -0.998. The number of alkyl carbamates (subject to hydrolysis) is 1. The number of hydrogen-bond acceptors (Lipinski definition) is 7. The molecule has 0 radical (unpaired) electrons. The molecule has 10 nitrogen and oxygen atoms in total. The van der Waals surface area contributed by atoms with Crippen molar-refractivity contribution >= 4 is 29.8 Å². The lowest BCUT2D eigenvalue weighted by atomic mass is 9.90. The second kappa shape index (κ2) is 13.8. The summed E-state index contributed by atoms with van der Waals surface area (Å²) in [6.45, 7) is 12.7. The number of carbonyl (C=O) groups is 4. The minimum absolute atomic E-state index is 0.143. The first kappa shape index (κ1) is 33.0. The summed E-state index contributed by atoms with van der Waals surface area (Å²) >= 11 is 0. The van der Waals surface area contributed by atoms with Crippen molar-refractivity contribution in [3.8, 4) is 5.75 Å². The SMILES string of the molecule is CC(=O)Oc1c(C)cc(NC(=O)C2c3cc(CNC(=O)OCc4ccccc4)ccc3CCN2C(=O)OC(C)(C)C)c(C)c1C. The van der Waals surface area contributed by atoms with Crippen molar-refractivity contribution in [1.29, 1.82) is 0 Å². The molecule has 0 saturated heterocycles. The fourth-order valence-electron chi connectivity index (χ4n) is 5.21. The van der Waals surface area contributed by atoms with Gasteiger partial charge in [0.1, 0.15) is 24.0 Å². The minimum Gasteiger partial charge on any atom is -0.445 e. The molecule has 1 unspecified atom stereocenters. The first-order valence-electron chi connectivity index (χ1n) is 14.9. The van der Waals surface area contributed by atoms with Gasteiger partial charge in [0.2, 0.25) is 0 Å². The third-order valence-electron chi connectivity index (χ3n) is 7.49. The van der Waals surface area contributed by atoms with Gasteiger partial charge in [0.25, 0.3) is 5.91 Å². The van der Waals surface area contributed by atoms with Crippen molar-refractivity contribution in [1.82, 2.24) is 10.2 Å². The van der Waals surface area contributed by atoms with Gasteiger partial charge >= 0.3 is 18.2 Å². The van der Waals surface area contributed by atoms with E-state index in [9.17, 15) is 19.2 Å². The summed E-state index contributed by atoms with van der Waals surface area (Å²) in [5.74, 6) is -0.397. The summed E-state index contributed by atoms with van der Waals surface area (Å²) < 4.78 is 16.4. The molecule has 45 heavy (non-hydrogen) atoms. The number of nitrogens with zero attached hydrogens (tertiary/aromatic N) is 1. The Kier molecular flexibility index (Phi) is 10.2. The van der Waals surface area contributed by atoms with Crippen molar-refractivity contribution < 1.29 is 33.4 Å². The molecule has 238 valence electrons. The average Bonchev–Trinajstić information content (AvgIpc) is 2.98. The van der Waals surface area contributed by atoms with Crippen LogP contribution in [0.1, 0.15) is 72.7 Å². The van der Waals surface area contributed by atoms with Crippen molar-refractivity contribution in [3.05, 3.63) is 93.5 Å². The lowest BCUT2D eigenvalue weighted by Gasteiger charge is -2.37. The van der Waals surface area contributed by atoms with Crippen molar-refractivity contribution in [2.75, 3.05) is 11.9 Å². The number of amides is 3. The fraction of sp³-hybridized carbons (Fsp3) is 0.371. The Balaban J connectivity index is 1.60. The fourth-order valence-corrected chi connectivity index (χ4v) is 5.21. The molecule has 0 aromatic heterocycles. The zero-order valence-corrected chi connectivity index (χ0v) is 26.9. The molecule has 1 atom stereocenters. The predicted molar refractivity (Wildman–Crippen MR) is 170 cm³/mol. The first-order valence-corrected chi connectivity index (χ1v) is 14.9. The molecular weight excluding hydrogens is 574 g/mol. The molecule has 4 rings (SSSR count). The van der Waals surface area contributed by atoms with Crippen LogP contribution in [0.25, 0.3) is 0 Å². The summed E-state index contributed by atoms with van der Waals surface area (Å²) in [6, 6.07) is 15.8. The number of rotatable bonds is 7. The highest BCUT2D eigenvalue weighted by molar-refractivity contribution is 5.98. The van der Waals surface area contributed by atoms with Crippen LogP contribution in [-0.2, 0) is 38.6 Å². The highest BCUT2D eigenvalue weighted by Crippen LogP contribution is 2.36. The monoisotopic (exact) mass is 615 g/mol. The van der Waals surface area contributed by atoms with Crippen LogP contribution in [-0.4, -0.2) is 41.1 Å². The third kappa shape index (κ3) is 8.41. The number of hydrogen-bond donors (Lipinski definition) is 2. The molecule has 0 fully saturated rings. The maximum Gasteiger partial charge on any atom is 0.411 e. The van der Waals surface area contributed by atoms with Gasteiger partial charge in [-0.1, -0.05) is 48.5 Å². The van der Waals surface area contributed by atoms with Crippen molar-refractivity contribution in [2.45, 2.75) is 79.7 Å². The Hall–Kier alpha value is -4.86. The molecule has 1 aliphatic heterocycles. The van der Waals surface area contributed by atoms with Crippen LogP contribution in [0.15, 0.2) is 54.6 Å². The van der Waals surface area contributed by atoms with Gasteiger partial charge in [-0.15, -0.1) is 0 Å². The number of carbonyl (C=O) groups excluding carboxylic acids is 4. The summed E-state index contributed by atoms with van der Waals surface area (Å²) in [4.78, 5) is 53.0. The molecule has 0 saturated carbocycles. The van der Waals surface area contributed by atoms with Gasteiger partial charge in [0, 0.05) is 25.7 Å². The summed E-state index contributed by atoms with van der Waals surface area (Å²) in [7, 11) is 0. The van der Waals surface area contributed by atoms with E-state index < -0.39 is 35.7 Å². The topological polar surface area (TPSA) is 123 Å². The van der Waals surface area contributed by atoms with E-state index in [0.29, 0.717) is 29.0 Å². The van der Waals surface area contributed by atoms with E-state index in [0.717, 1.165) is 27.8 Å². The van der Waals surface area contributed by atoms with E-state index in [1.165, 1.54) is 11.8 Å². The third-order valence-corrected chi connectivity index (χ3v) is 7.49. The second-order valence-corrected chi connectivity index (χ2v) is 12.2. The van der Waals surface area contributed by atoms with E-state index in [2.05, 4.69) is 10.6 Å². The van der Waals surface area contributed by atoms with Gasteiger partial charge in [-0.2, -0.15) is 0 Å². The largest absolute Gasteiger partial charge is 0.445 e. The molecule has 0 spiro atoms. The quantitative estimate of drug-likeness (QED) is 0.232. The van der Waals surface area contributed by atoms with Crippen molar-refractivity contribution in [3.63, 3.8) is 0 Å². The van der Waals surface area contributed by atoms with Crippen LogP contribution in [0.3, 0.4) is 0 Å². The molecule has 3 aromatic carbocycles. The maximum absolute atomic E-state index is 14.1. The Morgan fingerprint density at radius 3 is 2.31 bits per heavy atom. The lowest BCUT2D eigenvalue weighted by molar-refractivity contribution is -0.132. The van der Waals surface area contributed by atoms with Gasteiger partial charge in [-0.05, 0) is 93.0 Å². The summed E-state index contributed by atoms with van der Waals surface area (Å²) in [5.41, 5.74) is 5.09. The molecule has 3 aromatic rings. The molecular formula is C35H41N3O7.